The van der Waals surface area contributed by atoms with Gasteiger partial charge in [-0.2, -0.15) is 0 Å². The number of urea groups is 1. The third-order valence-electron chi connectivity index (χ3n) is 4.78. The number of nitrogens with one attached hydrogen (secondary N) is 1. The molecule has 3 rings (SSSR count). The van der Waals surface area contributed by atoms with E-state index in [-0.39, 0.29) is 17.6 Å². The topological polar surface area (TPSA) is 71.1 Å². The lowest BCUT2D eigenvalue weighted by Gasteiger charge is -2.32. The first-order valence-electron chi connectivity index (χ1n) is 9.01. The highest BCUT2D eigenvalue weighted by Gasteiger charge is 2.35. The van der Waals surface area contributed by atoms with Gasteiger partial charge in [-0.25, -0.2) is 9.59 Å². The third kappa shape index (κ3) is 4.02. The summed E-state index contributed by atoms with van der Waals surface area (Å²) in [4.78, 5) is 30.2. The first-order chi connectivity index (χ1) is 12.3. The molecule has 1 fully saturated rings. The molecule has 3 heterocycles. The average molecular weight is 381 g/mol. The first-order valence-corrected chi connectivity index (χ1v) is 9.82. The second kappa shape index (κ2) is 7.54. The number of thiophene rings is 1. The van der Waals surface area contributed by atoms with Crippen molar-refractivity contribution in [1.29, 1.82) is 0 Å². The van der Waals surface area contributed by atoms with Gasteiger partial charge in [0.15, 0.2) is 0 Å². The molecule has 0 bridgehead atoms. The molecule has 2 amide bonds. The van der Waals surface area contributed by atoms with Gasteiger partial charge in [-0.15, -0.1) is 11.3 Å². The summed E-state index contributed by atoms with van der Waals surface area (Å²) in [5.74, 6) is -0.378. The first kappa shape index (κ1) is 19.1. The fourth-order valence-corrected chi connectivity index (χ4v) is 4.36. The molecule has 0 radical (unpaired) electrons. The summed E-state index contributed by atoms with van der Waals surface area (Å²) >= 11 is 1.41. The zero-order valence-corrected chi connectivity index (χ0v) is 16.7. The summed E-state index contributed by atoms with van der Waals surface area (Å²) < 4.78 is 11.1. The Morgan fingerprint density at radius 3 is 2.62 bits per heavy atom. The van der Waals surface area contributed by atoms with Crippen LogP contribution in [-0.4, -0.2) is 67.2 Å². The molecule has 1 saturated heterocycles. The Hall–Kier alpha value is -1.64. The Labute approximate surface area is 158 Å². The SMILES string of the molecule is CCOC(=O)c1c(NC(=O)N2CCN(C)CC2)sc2c1CC(C)(C)OC2. The van der Waals surface area contributed by atoms with Crippen LogP contribution in [0, 0.1) is 0 Å². The highest BCUT2D eigenvalue weighted by molar-refractivity contribution is 7.17. The smallest absolute Gasteiger partial charge is 0.341 e. The minimum atomic E-state index is -0.378. The molecule has 0 aromatic carbocycles. The average Bonchev–Trinajstić information content (AvgIpc) is 2.91. The number of nitrogens with zero attached hydrogens (tertiary/aromatic N) is 2. The zero-order valence-electron chi connectivity index (χ0n) is 15.9. The number of anilines is 1. The van der Waals surface area contributed by atoms with Crippen molar-refractivity contribution in [1.82, 2.24) is 9.80 Å². The number of esters is 1. The van der Waals surface area contributed by atoms with Crippen molar-refractivity contribution in [2.45, 2.75) is 39.4 Å². The number of likely N-dealkylation sites (N-methyl/N-ethyl adjacent to an activating group) is 1. The van der Waals surface area contributed by atoms with Crippen LogP contribution in [0.1, 0.15) is 41.6 Å². The molecule has 0 aliphatic carbocycles. The molecule has 2 aliphatic heterocycles. The van der Waals surface area contributed by atoms with E-state index in [9.17, 15) is 9.59 Å². The number of hydrogen-bond donors (Lipinski definition) is 1. The van der Waals surface area contributed by atoms with Crippen LogP contribution in [0.3, 0.4) is 0 Å². The summed E-state index contributed by atoms with van der Waals surface area (Å²) in [5, 5.41) is 3.52. The van der Waals surface area contributed by atoms with Crippen molar-refractivity contribution in [2.24, 2.45) is 0 Å². The van der Waals surface area contributed by atoms with Gasteiger partial charge in [0, 0.05) is 37.5 Å². The van der Waals surface area contributed by atoms with E-state index in [1.54, 1.807) is 11.8 Å². The summed E-state index contributed by atoms with van der Waals surface area (Å²) in [7, 11) is 2.04. The molecule has 26 heavy (non-hydrogen) atoms. The molecule has 8 heteroatoms. The van der Waals surface area contributed by atoms with Crippen LogP contribution < -0.4 is 5.32 Å². The van der Waals surface area contributed by atoms with Gasteiger partial charge in [0.25, 0.3) is 0 Å². The number of carbonyl (C=O) groups excluding carboxylic acids is 2. The largest absolute Gasteiger partial charge is 0.462 e. The van der Waals surface area contributed by atoms with E-state index in [0.717, 1.165) is 23.5 Å². The van der Waals surface area contributed by atoms with Gasteiger partial charge in [0.05, 0.1) is 24.4 Å². The summed E-state index contributed by atoms with van der Waals surface area (Å²) in [6, 6.07) is -0.164. The van der Waals surface area contributed by atoms with Gasteiger partial charge < -0.3 is 19.3 Å². The maximum atomic E-state index is 12.7. The zero-order chi connectivity index (χ0) is 18.9. The highest BCUT2D eigenvalue weighted by Crippen LogP contribution is 2.40. The molecule has 1 aromatic rings. The quantitative estimate of drug-likeness (QED) is 0.815. The Kier molecular flexibility index (Phi) is 5.55. The number of rotatable bonds is 3. The van der Waals surface area contributed by atoms with Gasteiger partial charge in [-0.1, -0.05) is 0 Å². The molecule has 0 atom stereocenters. The number of ether oxygens (including phenoxy) is 2. The van der Waals surface area contributed by atoms with Gasteiger partial charge in [-0.3, -0.25) is 5.32 Å². The van der Waals surface area contributed by atoms with Crippen LogP contribution in [0.15, 0.2) is 0 Å². The van der Waals surface area contributed by atoms with Crippen LogP contribution in [0.4, 0.5) is 9.80 Å². The summed E-state index contributed by atoms with van der Waals surface area (Å²) in [5.41, 5.74) is 1.10. The highest BCUT2D eigenvalue weighted by atomic mass is 32.1. The number of piperazine rings is 1. The second-order valence-corrected chi connectivity index (χ2v) is 8.48. The lowest BCUT2D eigenvalue weighted by molar-refractivity contribution is -0.0384. The molecule has 0 unspecified atom stereocenters. The Bertz CT molecular complexity index is 693. The molecule has 1 aromatic heterocycles. The lowest BCUT2D eigenvalue weighted by Crippen LogP contribution is -2.48. The van der Waals surface area contributed by atoms with Crippen LogP contribution in [-0.2, 0) is 22.5 Å². The van der Waals surface area contributed by atoms with E-state index >= 15 is 0 Å². The van der Waals surface area contributed by atoms with Crippen molar-refractivity contribution >= 4 is 28.3 Å². The fraction of sp³-hybridized carbons (Fsp3) is 0.667. The van der Waals surface area contributed by atoms with E-state index in [2.05, 4.69) is 10.2 Å². The van der Waals surface area contributed by atoms with Gasteiger partial charge in [0.1, 0.15) is 5.00 Å². The molecule has 2 aliphatic rings. The van der Waals surface area contributed by atoms with E-state index in [0.29, 0.717) is 43.3 Å². The molecular weight excluding hydrogens is 354 g/mol. The molecular formula is C18H27N3O4S. The minimum Gasteiger partial charge on any atom is -0.462 e. The Balaban J connectivity index is 1.85. The third-order valence-corrected chi connectivity index (χ3v) is 5.90. The Morgan fingerprint density at radius 1 is 1.27 bits per heavy atom. The second-order valence-electron chi connectivity index (χ2n) is 7.37. The standard InChI is InChI=1S/C18H27N3O4S/c1-5-24-16(22)14-12-10-18(2,3)25-11-13(12)26-15(14)19-17(23)21-8-6-20(4)7-9-21/h5-11H2,1-4H3,(H,19,23). The summed E-state index contributed by atoms with van der Waals surface area (Å²) in [6.45, 7) is 9.60. The maximum absolute atomic E-state index is 12.7. The normalized spacial score (nSPS) is 19.8. The van der Waals surface area contributed by atoms with Gasteiger partial charge in [-0.05, 0) is 33.4 Å². The van der Waals surface area contributed by atoms with Crippen LogP contribution in [0.25, 0.3) is 0 Å². The van der Waals surface area contributed by atoms with Crippen LogP contribution >= 0.6 is 11.3 Å². The number of amides is 2. The number of fused-ring (bicyclic) bond motifs is 1. The van der Waals surface area contributed by atoms with E-state index in [1.165, 1.54) is 11.3 Å². The van der Waals surface area contributed by atoms with Crippen molar-refractivity contribution in [3.63, 3.8) is 0 Å². The van der Waals surface area contributed by atoms with Crippen molar-refractivity contribution in [3.8, 4) is 0 Å². The monoisotopic (exact) mass is 381 g/mol. The predicted octanol–water partition coefficient (Wildman–Crippen LogP) is 2.56. The summed E-state index contributed by atoms with van der Waals surface area (Å²) in [6.07, 6.45) is 0.622. The fourth-order valence-electron chi connectivity index (χ4n) is 3.25. The van der Waals surface area contributed by atoms with Gasteiger partial charge in [0.2, 0.25) is 0 Å². The van der Waals surface area contributed by atoms with Gasteiger partial charge >= 0.3 is 12.0 Å². The van der Waals surface area contributed by atoms with Crippen molar-refractivity contribution in [3.05, 3.63) is 16.0 Å². The lowest BCUT2D eigenvalue weighted by atomic mass is 9.93. The number of hydrogen-bond acceptors (Lipinski definition) is 6. The van der Waals surface area contributed by atoms with Crippen LogP contribution in [0.5, 0.6) is 0 Å². The molecule has 144 valence electrons. The molecule has 7 nitrogen and oxygen atoms in total. The molecule has 0 saturated carbocycles. The van der Waals surface area contributed by atoms with Crippen LogP contribution in [0.2, 0.25) is 0 Å². The molecule has 0 spiro atoms. The van der Waals surface area contributed by atoms with Crippen molar-refractivity contribution in [2.75, 3.05) is 45.2 Å². The van der Waals surface area contributed by atoms with E-state index in [1.807, 2.05) is 20.9 Å². The van der Waals surface area contributed by atoms with E-state index < -0.39 is 0 Å². The van der Waals surface area contributed by atoms with Crippen molar-refractivity contribution < 1.29 is 19.1 Å². The number of carbonyl (C=O) groups is 2. The predicted molar refractivity (Wildman–Crippen MR) is 101 cm³/mol. The maximum Gasteiger partial charge on any atom is 0.341 e. The molecule has 1 N–H and O–H groups in total. The minimum absolute atomic E-state index is 0.164. The van der Waals surface area contributed by atoms with E-state index in [4.69, 9.17) is 9.47 Å². The Morgan fingerprint density at radius 2 is 1.96 bits per heavy atom.